The SMILES string of the molecule is COC(=O)c1ccc2c(c1)sc(=NC(=O)CS(=O)(=O)CC(=O)Nc1nccs1)n2C. The maximum atomic E-state index is 12.2. The highest BCUT2D eigenvalue weighted by Gasteiger charge is 2.21. The molecule has 0 aliphatic heterocycles. The van der Waals surface area contributed by atoms with E-state index in [0.29, 0.717) is 15.8 Å². The van der Waals surface area contributed by atoms with Gasteiger partial charge in [-0.1, -0.05) is 11.3 Å². The Hall–Kier alpha value is -2.90. The van der Waals surface area contributed by atoms with Gasteiger partial charge in [0.15, 0.2) is 19.8 Å². The van der Waals surface area contributed by atoms with E-state index < -0.39 is 39.1 Å². The zero-order valence-corrected chi connectivity index (χ0v) is 18.3. The van der Waals surface area contributed by atoms with Crippen LogP contribution in [0.2, 0.25) is 0 Å². The molecule has 30 heavy (non-hydrogen) atoms. The molecule has 0 bridgehead atoms. The van der Waals surface area contributed by atoms with E-state index >= 15 is 0 Å². The molecule has 2 heterocycles. The number of hydrogen-bond acceptors (Lipinski definition) is 9. The monoisotopic (exact) mass is 468 g/mol. The number of esters is 1. The number of thiazole rings is 2. The Labute approximate surface area is 178 Å². The first-order valence-electron chi connectivity index (χ1n) is 8.34. The molecule has 0 atom stereocenters. The predicted octanol–water partition coefficient (Wildman–Crippen LogP) is 0.964. The Morgan fingerprint density at radius 3 is 2.70 bits per heavy atom. The van der Waals surface area contributed by atoms with Gasteiger partial charge in [-0.15, -0.1) is 11.3 Å². The Balaban J connectivity index is 1.76. The summed E-state index contributed by atoms with van der Waals surface area (Å²) in [6, 6.07) is 4.87. The van der Waals surface area contributed by atoms with E-state index in [0.717, 1.165) is 22.7 Å². The second-order valence-electron chi connectivity index (χ2n) is 6.04. The van der Waals surface area contributed by atoms with Gasteiger partial charge >= 0.3 is 5.97 Å². The van der Waals surface area contributed by atoms with Gasteiger partial charge in [0.25, 0.3) is 5.91 Å². The standard InChI is InChI=1S/C17H16N4O6S3/c1-21-11-4-3-10(15(24)27-2)7-12(11)29-17(21)20-14(23)9-30(25,26)8-13(22)19-16-18-5-6-28-16/h3-7H,8-9H2,1-2H3,(H,18,19,22). The summed E-state index contributed by atoms with van der Waals surface area (Å²) < 4.78 is 31.3. The molecule has 3 aromatic rings. The molecule has 0 aliphatic rings. The molecule has 13 heteroatoms. The number of fused-ring (bicyclic) bond motifs is 1. The molecule has 3 rings (SSSR count). The summed E-state index contributed by atoms with van der Waals surface area (Å²) in [4.78, 5) is 43.7. The molecule has 0 aliphatic carbocycles. The largest absolute Gasteiger partial charge is 0.465 e. The van der Waals surface area contributed by atoms with E-state index in [4.69, 9.17) is 0 Å². The van der Waals surface area contributed by atoms with Crippen LogP contribution in [0.25, 0.3) is 10.2 Å². The molecule has 10 nitrogen and oxygen atoms in total. The number of nitrogens with one attached hydrogen (secondary N) is 1. The lowest BCUT2D eigenvalue weighted by molar-refractivity contribution is -0.115. The molecule has 2 aromatic heterocycles. The minimum atomic E-state index is -4.01. The number of aromatic nitrogens is 2. The Morgan fingerprint density at radius 1 is 1.27 bits per heavy atom. The topological polar surface area (TPSA) is 137 Å². The van der Waals surface area contributed by atoms with Crippen LogP contribution in [0.5, 0.6) is 0 Å². The number of carbonyl (C=O) groups excluding carboxylic acids is 3. The second kappa shape index (κ2) is 8.85. The number of rotatable bonds is 6. The van der Waals surface area contributed by atoms with Crippen LogP contribution in [0.1, 0.15) is 10.4 Å². The van der Waals surface area contributed by atoms with Crippen LogP contribution in [0.3, 0.4) is 0 Å². The van der Waals surface area contributed by atoms with Crippen molar-refractivity contribution in [2.24, 2.45) is 12.0 Å². The number of sulfone groups is 1. The summed E-state index contributed by atoms with van der Waals surface area (Å²) in [6.45, 7) is 0. The summed E-state index contributed by atoms with van der Waals surface area (Å²) in [7, 11) is -1.07. The summed E-state index contributed by atoms with van der Waals surface area (Å²) in [5, 5.41) is 4.26. The number of amides is 2. The van der Waals surface area contributed by atoms with Gasteiger partial charge in [0.2, 0.25) is 5.91 Å². The molecule has 0 saturated carbocycles. The number of aryl methyl sites for hydroxylation is 1. The van der Waals surface area contributed by atoms with E-state index in [1.54, 1.807) is 35.2 Å². The lowest BCUT2D eigenvalue weighted by Gasteiger charge is -2.02. The molecule has 0 saturated heterocycles. The fraction of sp³-hybridized carbons (Fsp3) is 0.235. The molecule has 0 unspecified atom stereocenters. The molecule has 1 aromatic carbocycles. The maximum Gasteiger partial charge on any atom is 0.337 e. The average molecular weight is 469 g/mol. The highest BCUT2D eigenvalue weighted by molar-refractivity contribution is 7.92. The van der Waals surface area contributed by atoms with Crippen molar-refractivity contribution >= 4 is 65.6 Å². The Bertz CT molecular complexity index is 1290. The van der Waals surface area contributed by atoms with Crippen LogP contribution in [0.15, 0.2) is 34.8 Å². The van der Waals surface area contributed by atoms with Crippen molar-refractivity contribution in [3.63, 3.8) is 0 Å². The summed E-state index contributed by atoms with van der Waals surface area (Å²) in [5.74, 6) is -3.92. The van der Waals surface area contributed by atoms with Crippen molar-refractivity contribution in [3.8, 4) is 0 Å². The third-order valence-electron chi connectivity index (χ3n) is 3.82. The van der Waals surface area contributed by atoms with Gasteiger partial charge in [-0.05, 0) is 18.2 Å². The highest BCUT2D eigenvalue weighted by atomic mass is 32.2. The van der Waals surface area contributed by atoms with Gasteiger partial charge in [0, 0.05) is 18.6 Å². The molecule has 0 fully saturated rings. The van der Waals surface area contributed by atoms with Gasteiger partial charge in [0.05, 0.1) is 22.9 Å². The normalized spacial score (nSPS) is 12.1. The van der Waals surface area contributed by atoms with Crippen LogP contribution in [-0.4, -0.2) is 54.4 Å². The van der Waals surface area contributed by atoms with Gasteiger partial charge in [-0.3, -0.25) is 9.59 Å². The van der Waals surface area contributed by atoms with Crippen molar-refractivity contribution < 1.29 is 27.5 Å². The predicted molar refractivity (Wildman–Crippen MR) is 112 cm³/mol. The number of carbonyl (C=O) groups is 3. The second-order valence-corrected chi connectivity index (χ2v) is 10.0. The third kappa shape index (κ3) is 5.17. The number of nitrogens with zero attached hydrogens (tertiary/aromatic N) is 3. The highest BCUT2D eigenvalue weighted by Crippen LogP contribution is 2.19. The van der Waals surface area contributed by atoms with Crippen LogP contribution >= 0.6 is 22.7 Å². The van der Waals surface area contributed by atoms with Gasteiger partial charge in [-0.25, -0.2) is 18.2 Å². The van der Waals surface area contributed by atoms with Gasteiger partial charge in [-0.2, -0.15) is 4.99 Å². The molecule has 1 N–H and O–H groups in total. The first-order valence-corrected chi connectivity index (χ1v) is 11.9. The smallest absolute Gasteiger partial charge is 0.337 e. The first kappa shape index (κ1) is 21.8. The van der Waals surface area contributed by atoms with E-state index in [2.05, 4.69) is 20.0 Å². The fourth-order valence-corrected chi connectivity index (χ4v) is 5.14. The van der Waals surface area contributed by atoms with Crippen molar-refractivity contribution in [2.75, 3.05) is 23.9 Å². The minimum Gasteiger partial charge on any atom is -0.465 e. The number of methoxy groups -OCH3 is 1. The van der Waals surface area contributed by atoms with Crippen molar-refractivity contribution in [2.45, 2.75) is 0 Å². The van der Waals surface area contributed by atoms with Crippen LogP contribution in [0, 0.1) is 0 Å². The number of benzene rings is 1. The fourth-order valence-electron chi connectivity index (χ4n) is 2.50. The van der Waals surface area contributed by atoms with Crippen molar-refractivity contribution in [1.29, 1.82) is 0 Å². The summed E-state index contributed by atoms with van der Waals surface area (Å²) in [5.41, 5.74) is 1.06. The number of anilines is 1. The molecular formula is C17H16N4O6S3. The van der Waals surface area contributed by atoms with Gasteiger partial charge in [0.1, 0.15) is 11.5 Å². The first-order chi connectivity index (χ1) is 14.2. The van der Waals surface area contributed by atoms with E-state index in [9.17, 15) is 22.8 Å². The molecule has 158 valence electrons. The zero-order chi connectivity index (χ0) is 21.9. The summed E-state index contributed by atoms with van der Waals surface area (Å²) in [6.07, 6.45) is 1.47. The minimum absolute atomic E-state index is 0.263. The molecule has 0 radical (unpaired) electrons. The van der Waals surface area contributed by atoms with E-state index in [1.165, 1.54) is 13.3 Å². The molecular weight excluding hydrogens is 452 g/mol. The van der Waals surface area contributed by atoms with E-state index in [1.807, 2.05) is 0 Å². The summed E-state index contributed by atoms with van der Waals surface area (Å²) >= 11 is 2.27. The van der Waals surface area contributed by atoms with Crippen molar-refractivity contribution in [3.05, 3.63) is 40.1 Å². The van der Waals surface area contributed by atoms with Gasteiger partial charge < -0.3 is 14.6 Å². The van der Waals surface area contributed by atoms with Crippen LogP contribution in [0.4, 0.5) is 5.13 Å². The average Bonchev–Trinajstić information content (AvgIpc) is 3.27. The third-order valence-corrected chi connectivity index (χ3v) is 7.00. The number of hydrogen-bond donors (Lipinski definition) is 1. The van der Waals surface area contributed by atoms with E-state index in [-0.39, 0.29) is 9.93 Å². The van der Waals surface area contributed by atoms with Crippen LogP contribution < -0.4 is 10.1 Å². The lowest BCUT2D eigenvalue weighted by Crippen LogP contribution is -2.28. The quantitative estimate of drug-likeness (QED) is 0.532. The Kier molecular flexibility index (Phi) is 6.43. The van der Waals surface area contributed by atoms with Crippen LogP contribution in [-0.2, 0) is 31.2 Å². The molecule has 0 spiro atoms. The molecule has 2 amide bonds. The lowest BCUT2D eigenvalue weighted by atomic mass is 10.2. The number of ether oxygens (including phenoxy) is 1. The maximum absolute atomic E-state index is 12.2. The zero-order valence-electron chi connectivity index (χ0n) is 15.8. The Morgan fingerprint density at radius 2 is 2.03 bits per heavy atom. The van der Waals surface area contributed by atoms with Crippen molar-refractivity contribution in [1.82, 2.24) is 9.55 Å².